The summed E-state index contributed by atoms with van der Waals surface area (Å²) in [7, 11) is 0. The number of nitrogens with two attached hydrogens (primary N) is 1. The zero-order valence-corrected chi connectivity index (χ0v) is 16.8. The van der Waals surface area contributed by atoms with E-state index in [0.29, 0.717) is 0 Å². The van der Waals surface area contributed by atoms with Crippen LogP contribution in [0.2, 0.25) is 0 Å². The standard InChI is InChI=1S/C20H14F8N4O2/c21-14-7-2-1-6-13(14)17-30-16(15(29)33)31-32(17)12-5-3-4-11(8-12)9-34-10-18(22,23)19(24,25)20(26,27)28/h1-8H,9-10H2,(H2,29,33). The molecule has 0 aliphatic carbocycles. The maximum atomic E-state index is 14.3. The second-order valence-corrected chi connectivity index (χ2v) is 6.95. The lowest BCUT2D eigenvalue weighted by Crippen LogP contribution is -2.54. The molecule has 2 aromatic carbocycles. The van der Waals surface area contributed by atoms with Crippen molar-refractivity contribution in [3.05, 3.63) is 65.7 Å². The van der Waals surface area contributed by atoms with Gasteiger partial charge in [-0.25, -0.2) is 14.1 Å². The van der Waals surface area contributed by atoms with Crippen LogP contribution >= 0.6 is 0 Å². The lowest BCUT2D eigenvalue weighted by molar-refractivity contribution is -0.361. The Bertz CT molecular complexity index is 1190. The van der Waals surface area contributed by atoms with Gasteiger partial charge in [-0.3, -0.25) is 4.79 Å². The molecule has 3 aromatic rings. The van der Waals surface area contributed by atoms with Gasteiger partial charge in [0.05, 0.1) is 17.9 Å². The fraction of sp³-hybridized carbons (Fsp3) is 0.250. The third-order valence-electron chi connectivity index (χ3n) is 4.46. The maximum absolute atomic E-state index is 14.3. The summed E-state index contributed by atoms with van der Waals surface area (Å²) in [6.07, 6.45) is -6.46. The van der Waals surface area contributed by atoms with Crippen LogP contribution in [0.25, 0.3) is 17.1 Å². The summed E-state index contributed by atoms with van der Waals surface area (Å²) in [5, 5.41) is 3.90. The van der Waals surface area contributed by atoms with Crippen molar-refractivity contribution >= 4 is 5.91 Å². The third kappa shape index (κ3) is 4.85. The van der Waals surface area contributed by atoms with Crippen molar-refractivity contribution < 1.29 is 44.7 Å². The highest BCUT2D eigenvalue weighted by Crippen LogP contribution is 2.46. The number of hydrogen-bond acceptors (Lipinski definition) is 4. The molecule has 0 saturated carbocycles. The first-order valence-corrected chi connectivity index (χ1v) is 9.26. The quantitative estimate of drug-likeness (QED) is 0.467. The molecule has 1 heterocycles. The van der Waals surface area contributed by atoms with Gasteiger partial charge in [0, 0.05) is 0 Å². The van der Waals surface area contributed by atoms with Gasteiger partial charge in [-0.1, -0.05) is 24.3 Å². The smallest absolute Gasteiger partial charge is 0.370 e. The number of amides is 1. The largest absolute Gasteiger partial charge is 0.459 e. The fourth-order valence-electron chi connectivity index (χ4n) is 2.79. The Kier molecular flexibility index (Phi) is 6.64. The van der Waals surface area contributed by atoms with Gasteiger partial charge in [0.2, 0.25) is 5.82 Å². The van der Waals surface area contributed by atoms with E-state index in [0.717, 1.165) is 10.7 Å². The van der Waals surface area contributed by atoms with Crippen molar-refractivity contribution in [1.29, 1.82) is 0 Å². The Morgan fingerprint density at radius 1 is 1.00 bits per heavy atom. The monoisotopic (exact) mass is 494 g/mol. The van der Waals surface area contributed by atoms with Crippen LogP contribution in [0.4, 0.5) is 35.1 Å². The summed E-state index contributed by atoms with van der Waals surface area (Å²) in [4.78, 5) is 15.4. The van der Waals surface area contributed by atoms with Gasteiger partial charge in [0.1, 0.15) is 12.4 Å². The molecular weight excluding hydrogens is 480 g/mol. The average Bonchev–Trinajstić information content (AvgIpc) is 3.19. The molecule has 1 aromatic heterocycles. The van der Waals surface area contributed by atoms with Gasteiger partial charge < -0.3 is 10.5 Å². The molecule has 0 bridgehead atoms. The Morgan fingerprint density at radius 3 is 2.29 bits per heavy atom. The Labute approximate surface area is 186 Å². The number of nitrogens with zero attached hydrogens (tertiary/aromatic N) is 3. The lowest BCUT2D eigenvalue weighted by atomic mass is 10.1. The molecule has 34 heavy (non-hydrogen) atoms. The SMILES string of the molecule is NC(=O)c1nc(-c2ccccc2F)n(-c2cccc(COCC(F)(F)C(F)(F)C(F)(F)F)c2)n1. The zero-order chi connectivity index (χ0) is 25.3. The minimum atomic E-state index is -6.46. The van der Waals surface area contributed by atoms with Crippen molar-refractivity contribution in [1.82, 2.24) is 14.8 Å². The van der Waals surface area contributed by atoms with Crippen LogP contribution in [-0.4, -0.2) is 45.3 Å². The summed E-state index contributed by atoms with van der Waals surface area (Å²) in [6.45, 7) is -2.98. The third-order valence-corrected chi connectivity index (χ3v) is 4.46. The molecule has 0 aliphatic rings. The highest BCUT2D eigenvalue weighted by Gasteiger charge is 2.72. The van der Waals surface area contributed by atoms with Gasteiger partial charge in [0.25, 0.3) is 5.91 Å². The number of carbonyl (C=O) groups excluding carboxylic acids is 1. The van der Waals surface area contributed by atoms with Crippen molar-refractivity contribution in [2.45, 2.75) is 24.6 Å². The number of ether oxygens (including phenoxy) is 1. The summed E-state index contributed by atoms with van der Waals surface area (Å²) < 4.78 is 109. The van der Waals surface area contributed by atoms with Crippen LogP contribution in [0.5, 0.6) is 0 Å². The van der Waals surface area contributed by atoms with Crippen molar-refractivity contribution in [2.24, 2.45) is 5.73 Å². The molecule has 3 rings (SSSR count). The van der Waals surface area contributed by atoms with Gasteiger partial charge >= 0.3 is 18.0 Å². The van der Waals surface area contributed by atoms with Gasteiger partial charge in [0.15, 0.2) is 5.82 Å². The lowest BCUT2D eigenvalue weighted by Gasteiger charge is -2.27. The van der Waals surface area contributed by atoms with Gasteiger partial charge in [-0.05, 0) is 29.8 Å². The van der Waals surface area contributed by atoms with Crippen molar-refractivity contribution in [3.8, 4) is 17.1 Å². The van der Waals surface area contributed by atoms with E-state index < -0.39 is 48.8 Å². The van der Waals surface area contributed by atoms with Crippen LogP contribution < -0.4 is 5.73 Å². The topological polar surface area (TPSA) is 83.0 Å². The van der Waals surface area contributed by atoms with E-state index in [1.165, 1.54) is 42.5 Å². The molecule has 0 saturated heterocycles. The molecular formula is C20H14F8N4O2. The van der Waals surface area contributed by atoms with Gasteiger partial charge in [-0.2, -0.15) is 30.7 Å². The van der Waals surface area contributed by atoms with E-state index in [-0.39, 0.29) is 22.6 Å². The number of aromatic nitrogens is 3. The molecule has 2 N–H and O–H groups in total. The number of rotatable bonds is 8. The highest BCUT2D eigenvalue weighted by atomic mass is 19.4. The first-order valence-electron chi connectivity index (χ1n) is 9.26. The average molecular weight is 494 g/mol. The fourth-order valence-corrected chi connectivity index (χ4v) is 2.79. The normalized spacial score (nSPS) is 12.7. The molecule has 0 radical (unpaired) electrons. The first-order chi connectivity index (χ1) is 15.7. The Morgan fingerprint density at radius 2 is 1.68 bits per heavy atom. The highest BCUT2D eigenvalue weighted by molar-refractivity contribution is 5.89. The van der Waals surface area contributed by atoms with Crippen LogP contribution in [-0.2, 0) is 11.3 Å². The summed E-state index contributed by atoms with van der Waals surface area (Å²) >= 11 is 0. The molecule has 14 heteroatoms. The first kappa shape index (κ1) is 25.1. The van der Waals surface area contributed by atoms with Crippen LogP contribution in [0.3, 0.4) is 0 Å². The molecule has 0 unspecified atom stereocenters. The number of hydrogen-bond donors (Lipinski definition) is 1. The van der Waals surface area contributed by atoms with E-state index in [1.807, 2.05) is 0 Å². The van der Waals surface area contributed by atoms with E-state index in [9.17, 15) is 39.9 Å². The Hall–Kier alpha value is -3.55. The molecule has 0 spiro atoms. The molecule has 0 atom stereocenters. The Balaban J connectivity index is 1.87. The number of benzene rings is 2. The maximum Gasteiger partial charge on any atom is 0.459 e. The number of alkyl halides is 7. The second-order valence-electron chi connectivity index (χ2n) is 6.95. The molecule has 0 fully saturated rings. The van der Waals surface area contributed by atoms with E-state index in [1.54, 1.807) is 0 Å². The molecule has 6 nitrogen and oxygen atoms in total. The van der Waals surface area contributed by atoms with Crippen molar-refractivity contribution in [2.75, 3.05) is 6.61 Å². The minimum Gasteiger partial charge on any atom is -0.370 e. The second kappa shape index (κ2) is 9.00. The van der Waals surface area contributed by atoms with E-state index >= 15 is 0 Å². The van der Waals surface area contributed by atoms with Gasteiger partial charge in [-0.15, -0.1) is 5.10 Å². The van der Waals surface area contributed by atoms with Crippen LogP contribution in [0.15, 0.2) is 48.5 Å². The van der Waals surface area contributed by atoms with Crippen LogP contribution in [0.1, 0.15) is 16.2 Å². The minimum absolute atomic E-state index is 0.0572. The van der Waals surface area contributed by atoms with E-state index in [4.69, 9.17) is 5.73 Å². The van der Waals surface area contributed by atoms with Crippen LogP contribution in [0, 0.1) is 5.82 Å². The number of halogens is 8. The number of carbonyl (C=O) groups is 1. The predicted octanol–water partition coefficient (Wildman–Crippen LogP) is 4.52. The molecule has 1 amide bonds. The predicted molar refractivity (Wildman–Crippen MR) is 101 cm³/mol. The molecule has 0 aliphatic heterocycles. The molecule has 182 valence electrons. The number of primary amides is 1. The summed E-state index contributed by atoms with van der Waals surface area (Å²) in [6, 6.07) is 10.7. The zero-order valence-electron chi connectivity index (χ0n) is 16.8. The van der Waals surface area contributed by atoms with Crippen molar-refractivity contribution in [3.63, 3.8) is 0 Å². The summed E-state index contributed by atoms with van der Waals surface area (Å²) in [5.41, 5.74) is 5.32. The van der Waals surface area contributed by atoms with E-state index in [2.05, 4.69) is 14.8 Å². The summed E-state index contributed by atoms with van der Waals surface area (Å²) in [5.74, 6) is -14.1.